The first-order valence-electron chi connectivity index (χ1n) is 9.31. The number of nitrogens with zero attached hydrogens (tertiary/aromatic N) is 1. The number of amides is 2. The topological polar surface area (TPSA) is 58.6 Å². The quantitative estimate of drug-likeness (QED) is 0.638. The van der Waals surface area contributed by atoms with E-state index in [0.29, 0.717) is 17.0 Å². The SMILES string of the molecule is COc1cccc(C(=O)Nc2ccccc2C2SCC(=O)N2c2ccccc2F)c1. The summed E-state index contributed by atoms with van der Waals surface area (Å²) in [6.07, 6.45) is 0. The van der Waals surface area contributed by atoms with Crippen molar-refractivity contribution in [2.75, 3.05) is 23.1 Å². The van der Waals surface area contributed by atoms with E-state index in [1.54, 1.807) is 54.6 Å². The van der Waals surface area contributed by atoms with Gasteiger partial charge in [0.1, 0.15) is 16.9 Å². The second-order valence-electron chi connectivity index (χ2n) is 6.65. The van der Waals surface area contributed by atoms with Crippen molar-refractivity contribution >= 4 is 35.0 Å². The summed E-state index contributed by atoms with van der Waals surface area (Å²) in [7, 11) is 1.54. The molecule has 0 bridgehead atoms. The number of halogens is 1. The Labute approximate surface area is 177 Å². The van der Waals surface area contributed by atoms with Crippen LogP contribution >= 0.6 is 11.8 Å². The highest BCUT2D eigenvalue weighted by Gasteiger charge is 2.36. The fourth-order valence-electron chi connectivity index (χ4n) is 3.35. The number of carbonyl (C=O) groups excluding carboxylic acids is 2. The first-order chi connectivity index (χ1) is 14.6. The molecule has 1 aliphatic rings. The number of methoxy groups -OCH3 is 1. The van der Waals surface area contributed by atoms with Gasteiger partial charge in [0, 0.05) is 16.8 Å². The summed E-state index contributed by atoms with van der Waals surface area (Å²) in [4.78, 5) is 26.8. The van der Waals surface area contributed by atoms with E-state index in [9.17, 15) is 14.0 Å². The maximum atomic E-state index is 14.4. The smallest absolute Gasteiger partial charge is 0.255 e. The van der Waals surface area contributed by atoms with Crippen molar-refractivity contribution in [1.29, 1.82) is 0 Å². The van der Waals surface area contributed by atoms with Gasteiger partial charge in [-0.3, -0.25) is 14.5 Å². The summed E-state index contributed by atoms with van der Waals surface area (Å²) < 4.78 is 19.6. The molecule has 0 aliphatic carbocycles. The number of carbonyl (C=O) groups is 2. The van der Waals surface area contributed by atoms with E-state index < -0.39 is 11.2 Å². The van der Waals surface area contributed by atoms with Gasteiger partial charge in [-0.2, -0.15) is 0 Å². The Morgan fingerprint density at radius 1 is 1.10 bits per heavy atom. The Hall–Kier alpha value is -3.32. The van der Waals surface area contributed by atoms with Crippen LogP contribution in [0.4, 0.5) is 15.8 Å². The van der Waals surface area contributed by atoms with E-state index >= 15 is 0 Å². The molecule has 1 atom stereocenters. The molecule has 7 heteroatoms. The third-order valence-electron chi connectivity index (χ3n) is 4.79. The summed E-state index contributed by atoms with van der Waals surface area (Å²) in [6, 6.07) is 20.3. The first kappa shape index (κ1) is 20.0. The standard InChI is InChI=1S/C23H19FN2O3S/c1-29-16-8-6-7-15(13-16)22(28)25-19-11-4-2-9-17(19)23-26(21(27)14-30-23)20-12-5-3-10-18(20)24/h2-13,23H,14H2,1H3,(H,25,28). The Balaban J connectivity index is 1.66. The van der Waals surface area contributed by atoms with Crippen LogP contribution in [0.2, 0.25) is 0 Å². The lowest BCUT2D eigenvalue weighted by molar-refractivity contribution is -0.115. The molecule has 2 amide bonds. The average molecular weight is 422 g/mol. The highest BCUT2D eigenvalue weighted by molar-refractivity contribution is 8.00. The highest BCUT2D eigenvalue weighted by atomic mass is 32.2. The molecule has 0 spiro atoms. The minimum absolute atomic E-state index is 0.177. The van der Waals surface area contributed by atoms with Crippen LogP contribution in [0.5, 0.6) is 5.75 Å². The van der Waals surface area contributed by atoms with Gasteiger partial charge in [0.25, 0.3) is 5.91 Å². The van der Waals surface area contributed by atoms with Crippen LogP contribution in [-0.2, 0) is 4.79 Å². The van der Waals surface area contributed by atoms with Gasteiger partial charge in [-0.25, -0.2) is 4.39 Å². The van der Waals surface area contributed by atoms with Crippen LogP contribution < -0.4 is 15.0 Å². The van der Waals surface area contributed by atoms with Crippen LogP contribution in [0, 0.1) is 5.82 Å². The van der Waals surface area contributed by atoms with Gasteiger partial charge in [-0.15, -0.1) is 11.8 Å². The number of hydrogen-bond acceptors (Lipinski definition) is 4. The maximum Gasteiger partial charge on any atom is 0.255 e. The van der Waals surface area contributed by atoms with Gasteiger partial charge >= 0.3 is 0 Å². The lowest BCUT2D eigenvalue weighted by Crippen LogP contribution is -2.29. The average Bonchev–Trinajstić information content (AvgIpc) is 3.15. The van der Waals surface area contributed by atoms with Gasteiger partial charge in [-0.05, 0) is 36.4 Å². The minimum atomic E-state index is -0.462. The van der Waals surface area contributed by atoms with Gasteiger partial charge in [0.05, 0.1) is 18.6 Å². The van der Waals surface area contributed by atoms with E-state index in [0.717, 1.165) is 5.56 Å². The van der Waals surface area contributed by atoms with Crippen LogP contribution in [0.1, 0.15) is 21.3 Å². The Bertz CT molecular complexity index is 1110. The first-order valence-corrected chi connectivity index (χ1v) is 10.4. The summed E-state index contributed by atoms with van der Waals surface area (Å²) in [6.45, 7) is 0. The summed E-state index contributed by atoms with van der Waals surface area (Å²) in [5.41, 5.74) is 1.98. The summed E-state index contributed by atoms with van der Waals surface area (Å²) >= 11 is 1.40. The number of benzene rings is 3. The van der Waals surface area contributed by atoms with Crippen molar-refractivity contribution in [2.45, 2.75) is 5.37 Å². The molecular weight excluding hydrogens is 403 g/mol. The second-order valence-corrected chi connectivity index (χ2v) is 7.72. The molecular formula is C23H19FN2O3S. The van der Waals surface area contributed by atoms with Crippen molar-refractivity contribution < 1.29 is 18.7 Å². The van der Waals surface area contributed by atoms with Crippen molar-refractivity contribution in [2.24, 2.45) is 0 Å². The van der Waals surface area contributed by atoms with E-state index in [1.807, 2.05) is 12.1 Å². The molecule has 30 heavy (non-hydrogen) atoms. The molecule has 1 saturated heterocycles. The number of nitrogens with one attached hydrogen (secondary N) is 1. The molecule has 3 aromatic rings. The molecule has 1 heterocycles. The predicted octanol–water partition coefficient (Wildman–Crippen LogP) is 4.87. The molecule has 1 N–H and O–H groups in total. The van der Waals surface area contributed by atoms with E-state index in [-0.39, 0.29) is 23.3 Å². The molecule has 4 rings (SSSR count). The number of thioether (sulfide) groups is 1. The summed E-state index contributed by atoms with van der Waals surface area (Å²) in [5.74, 6) is -0.121. The van der Waals surface area contributed by atoms with E-state index in [2.05, 4.69) is 5.32 Å². The zero-order valence-electron chi connectivity index (χ0n) is 16.2. The zero-order chi connectivity index (χ0) is 21.1. The van der Waals surface area contributed by atoms with Crippen LogP contribution in [0.25, 0.3) is 0 Å². The molecule has 0 saturated carbocycles. The van der Waals surface area contributed by atoms with Crippen LogP contribution in [0.15, 0.2) is 72.8 Å². The van der Waals surface area contributed by atoms with Gasteiger partial charge in [0.2, 0.25) is 5.91 Å². The number of hydrogen-bond donors (Lipinski definition) is 1. The number of anilines is 2. The Morgan fingerprint density at radius 2 is 1.87 bits per heavy atom. The molecule has 1 fully saturated rings. The monoisotopic (exact) mass is 422 g/mol. The van der Waals surface area contributed by atoms with Gasteiger partial charge in [-0.1, -0.05) is 36.4 Å². The maximum absolute atomic E-state index is 14.4. The normalized spacial score (nSPS) is 15.9. The number of para-hydroxylation sites is 2. The fraction of sp³-hybridized carbons (Fsp3) is 0.130. The van der Waals surface area contributed by atoms with Crippen molar-refractivity contribution in [3.8, 4) is 5.75 Å². The minimum Gasteiger partial charge on any atom is -0.497 e. The van der Waals surface area contributed by atoms with Gasteiger partial charge < -0.3 is 10.1 Å². The molecule has 5 nitrogen and oxygen atoms in total. The molecule has 1 unspecified atom stereocenters. The highest BCUT2D eigenvalue weighted by Crippen LogP contribution is 2.44. The van der Waals surface area contributed by atoms with Crippen LogP contribution in [0.3, 0.4) is 0 Å². The second kappa shape index (κ2) is 8.59. The summed E-state index contributed by atoms with van der Waals surface area (Å²) in [5, 5.41) is 2.47. The lowest BCUT2D eigenvalue weighted by atomic mass is 10.1. The Kier molecular flexibility index (Phi) is 5.72. The third kappa shape index (κ3) is 3.89. The molecule has 0 radical (unpaired) electrons. The molecule has 3 aromatic carbocycles. The van der Waals surface area contributed by atoms with Gasteiger partial charge in [0.15, 0.2) is 0 Å². The third-order valence-corrected chi connectivity index (χ3v) is 5.98. The Morgan fingerprint density at radius 3 is 2.67 bits per heavy atom. The predicted molar refractivity (Wildman–Crippen MR) is 116 cm³/mol. The number of rotatable bonds is 5. The molecule has 0 aromatic heterocycles. The zero-order valence-corrected chi connectivity index (χ0v) is 17.0. The van der Waals surface area contributed by atoms with E-state index in [4.69, 9.17) is 4.74 Å². The molecule has 152 valence electrons. The lowest BCUT2D eigenvalue weighted by Gasteiger charge is -2.26. The van der Waals surface area contributed by atoms with Crippen molar-refractivity contribution in [3.63, 3.8) is 0 Å². The van der Waals surface area contributed by atoms with Crippen molar-refractivity contribution in [1.82, 2.24) is 0 Å². The largest absolute Gasteiger partial charge is 0.497 e. The van der Waals surface area contributed by atoms with Crippen LogP contribution in [-0.4, -0.2) is 24.7 Å². The molecule has 1 aliphatic heterocycles. The van der Waals surface area contributed by atoms with E-state index in [1.165, 1.54) is 29.8 Å². The number of ether oxygens (including phenoxy) is 1. The van der Waals surface area contributed by atoms with Crippen molar-refractivity contribution in [3.05, 3.63) is 89.7 Å². The fourth-order valence-corrected chi connectivity index (χ4v) is 4.55.